The number of hydrogen-bond donors (Lipinski definition) is 0. The molecule has 0 aliphatic heterocycles. The average Bonchev–Trinajstić information content (AvgIpc) is 2.52. The molecule has 0 aromatic rings. The SMILES string of the molecule is CC(C)CC=CC[PH+](C(C)C)C(C)C.CC(C)CC=CC[PH+](C(C)C)C(C)C.[Pd]. The number of rotatable bonds is 12. The zero-order valence-electron chi connectivity index (χ0n) is 21.9. The van der Waals surface area contributed by atoms with Crippen LogP contribution in [0.5, 0.6) is 0 Å². The molecule has 0 bridgehead atoms. The molecule has 29 heavy (non-hydrogen) atoms. The van der Waals surface area contributed by atoms with Crippen molar-refractivity contribution in [2.75, 3.05) is 12.3 Å². The van der Waals surface area contributed by atoms with Crippen LogP contribution in [0.4, 0.5) is 0 Å². The first-order valence-corrected chi connectivity index (χ1v) is 15.6. The average molecular weight is 537 g/mol. The molecule has 0 nitrogen and oxygen atoms in total. The fourth-order valence-electron chi connectivity index (χ4n) is 3.45. The van der Waals surface area contributed by atoms with E-state index in [0.29, 0.717) is 0 Å². The van der Waals surface area contributed by atoms with Crippen molar-refractivity contribution >= 4 is 15.8 Å². The van der Waals surface area contributed by atoms with Gasteiger partial charge in [-0.25, -0.2) is 0 Å². The van der Waals surface area contributed by atoms with Gasteiger partial charge >= 0.3 is 0 Å². The van der Waals surface area contributed by atoms with E-state index in [1.807, 2.05) is 0 Å². The van der Waals surface area contributed by atoms with Gasteiger partial charge in [0.15, 0.2) is 0 Å². The third kappa shape index (κ3) is 22.0. The Kier molecular flexibility index (Phi) is 24.9. The zero-order chi connectivity index (χ0) is 22.3. The first-order valence-electron chi connectivity index (χ1n) is 11.9. The Balaban J connectivity index is -0.000000451. The van der Waals surface area contributed by atoms with Crippen LogP contribution in [0.1, 0.15) is 95.9 Å². The minimum Gasteiger partial charge on any atom is -0.0847 e. The van der Waals surface area contributed by atoms with Crippen LogP contribution in [0.2, 0.25) is 0 Å². The summed E-state index contributed by atoms with van der Waals surface area (Å²) in [6.07, 6.45) is 14.8. The van der Waals surface area contributed by atoms with E-state index in [2.05, 4.69) is 107 Å². The molecular weight excluding hydrogens is 481 g/mol. The molecule has 0 atom stereocenters. The Morgan fingerprint density at radius 2 is 0.690 bits per heavy atom. The summed E-state index contributed by atoms with van der Waals surface area (Å²) in [5.74, 6) is 1.61. The van der Waals surface area contributed by atoms with E-state index in [0.717, 1.165) is 34.5 Å². The molecule has 0 radical (unpaired) electrons. The molecule has 0 aromatic carbocycles. The van der Waals surface area contributed by atoms with Gasteiger partial charge in [0.2, 0.25) is 0 Å². The van der Waals surface area contributed by atoms with Crippen LogP contribution < -0.4 is 0 Å². The van der Waals surface area contributed by atoms with Crippen LogP contribution in [0.25, 0.3) is 0 Å². The van der Waals surface area contributed by atoms with Crippen LogP contribution in [-0.2, 0) is 20.4 Å². The van der Waals surface area contributed by atoms with E-state index in [-0.39, 0.29) is 36.3 Å². The van der Waals surface area contributed by atoms with Gasteiger partial charge in [-0.15, -0.1) is 0 Å². The Hall–Kier alpha value is 1.00. The summed E-state index contributed by atoms with van der Waals surface area (Å²) < 4.78 is 0. The predicted octanol–water partition coefficient (Wildman–Crippen LogP) is 9.24. The third-order valence-corrected chi connectivity index (χ3v) is 12.6. The minimum absolute atomic E-state index is 0. The van der Waals surface area contributed by atoms with Crippen molar-refractivity contribution in [3.8, 4) is 0 Å². The molecule has 0 heterocycles. The number of allylic oxidation sites excluding steroid dienone is 4. The first-order chi connectivity index (χ1) is 12.9. The molecule has 0 N–H and O–H groups in total. The maximum Gasteiger partial charge on any atom is 0.0756 e. The van der Waals surface area contributed by atoms with Crippen molar-refractivity contribution in [2.45, 2.75) is 119 Å². The van der Waals surface area contributed by atoms with Gasteiger partial charge < -0.3 is 0 Å². The van der Waals surface area contributed by atoms with Gasteiger partial charge in [0.05, 0.1) is 35.0 Å². The van der Waals surface area contributed by atoms with Crippen LogP contribution >= 0.6 is 15.8 Å². The second-order valence-corrected chi connectivity index (χ2v) is 18.1. The zero-order valence-corrected chi connectivity index (χ0v) is 25.5. The molecule has 0 aliphatic carbocycles. The summed E-state index contributed by atoms with van der Waals surface area (Å²) in [4.78, 5) is 0. The third-order valence-electron chi connectivity index (χ3n) is 5.22. The second-order valence-electron chi connectivity index (χ2n) is 10.4. The molecule has 0 saturated heterocycles. The van der Waals surface area contributed by atoms with Gasteiger partial charge in [-0.3, -0.25) is 0 Å². The topological polar surface area (TPSA) is 0 Å². The summed E-state index contributed by atoms with van der Waals surface area (Å²) in [7, 11) is -0.327. The van der Waals surface area contributed by atoms with E-state index in [1.54, 1.807) is 0 Å². The smallest absolute Gasteiger partial charge is 0.0756 e. The van der Waals surface area contributed by atoms with Crippen LogP contribution in [0, 0.1) is 11.8 Å². The summed E-state index contributed by atoms with van der Waals surface area (Å²) in [6, 6.07) is 0. The first kappa shape index (κ1) is 34.6. The minimum atomic E-state index is -0.163. The standard InChI is InChI=1S/2C13H27P.Pd/c2*1-11(2)9-7-8-10-14(12(3)4)13(5)6;/h2*7-8,11-13H,9-10H2,1-6H3;/p+2. The maximum absolute atomic E-state index is 2.42. The van der Waals surface area contributed by atoms with E-state index in [4.69, 9.17) is 0 Å². The molecule has 178 valence electrons. The van der Waals surface area contributed by atoms with Gasteiger partial charge in [-0.2, -0.15) is 0 Å². The molecule has 0 aliphatic rings. The number of hydrogen-bond acceptors (Lipinski definition) is 0. The van der Waals surface area contributed by atoms with E-state index in [1.165, 1.54) is 25.2 Å². The summed E-state index contributed by atoms with van der Waals surface area (Å²) in [5, 5.41) is 0. The van der Waals surface area contributed by atoms with Crippen molar-refractivity contribution in [3.05, 3.63) is 24.3 Å². The van der Waals surface area contributed by atoms with Gasteiger partial charge in [0.1, 0.15) is 0 Å². The fourth-order valence-corrected chi connectivity index (χ4v) is 8.88. The maximum atomic E-state index is 2.42. The van der Waals surface area contributed by atoms with Crippen molar-refractivity contribution in [3.63, 3.8) is 0 Å². The van der Waals surface area contributed by atoms with Gasteiger partial charge in [-0.1, -0.05) is 52.0 Å². The van der Waals surface area contributed by atoms with Crippen LogP contribution in [0.3, 0.4) is 0 Å². The molecule has 0 rings (SSSR count). The fraction of sp³-hybridized carbons (Fsp3) is 0.846. The van der Waals surface area contributed by atoms with Crippen LogP contribution in [-0.4, -0.2) is 35.0 Å². The molecule has 3 heteroatoms. The van der Waals surface area contributed by atoms with Gasteiger partial charge in [0, 0.05) is 36.3 Å². The Morgan fingerprint density at radius 1 is 0.448 bits per heavy atom. The molecule has 0 unspecified atom stereocenters. The van der Waals surface area contributed by atoms with Crippen LogP contribution in [0.15, 0.2) is 24.3 Å². The molecule has 0 amide bonds. The second kappa shape index (κ2) is 20.9. The molecule has 0 saturated carbocycles. The normalized spacial score (nSPS) is 12.6. The Bertz CT molecular complexity index is 342. The summed E-state index contributed by atoms with van der Waals surface area (Å²) in [6.45, 7) is 28.2. The summed E-state index contributed by atoms with van der Waals surface area (Å²) >= 11 is 0. The van der Waals surface area contributed by atoms with E-state index < -0.39 is 0 Å². The van der Waals surface area contributed by atoms with E-state index >= 15 is 0 Å². The monoisotopic (exact) mass is 536 g/mol. The summed E-state index contributed by atoms with van der Waals surface area (Å²) in [5.41, 5.74) is 3.62. The molecule has 0 aromatic heterocycles. The predicted molar refractivity (Wildman–Crippen MR) is 144 cm³/mol. The van der Waals surface area contributed by atoms with Crippen molar-refractivity contribution in [1.29, 1.82) is 0 Å². The quantitative estimate of drug-likeness (QED) is 0.132. The van der Waals surface area contributed by atoms with Crippen molar-refractivity contribution in [1.82, 2.24) is 0 Å². The van der Waals surface area contributed by atoms with Gasteiger partial charge in [-0.05, 0) is 80.1 Å². The van der Waals surface area contributed by atoms with Gasteiger partial charge in [0.25, 0.3) is 0 Å². The Morgan fingerprint density at radius 3 is 0.862 bits per heavy atom. The molecular formula is C26H56P2Pd+2. The molecule has 0 spiro atoms. The van der Waals surface area contributed by atoms with Crippen molar-refractivity contribution in [2.24, 2.45) is 11.8 Å². The largest absolute Gasteiger partial charge is 0.0847 e. The van der Waals surface area contributed by atoms with Crippen molar-refractivity contribution < 1.29 is 20.4 Å². The van der Waals surface area contributed by atoms with E-state index in [9.17, 15) is 0 Å². The Labute approximate surface area is 202 Å². The molecule has 0 fully saturated rings.